The molecule has 0 spiro atoms. The first kappa shape index (κ1) is 21.5. The molecule has 148 valence electrons. The molecular formula is C19H33ClN4OS. The lowest BCUT2D eigenvalue weighted by molar-refractivity contribution is 0.158. The molecule has 0 saturated carbocycles. The number of guanidine groups is 1. The van der Waals surface area contributed by atoms with E-state index in [-0.39, 0.29) is 0 Å². The number of nitrogens with one attached hydrogen (secondary N) is 2. The van der Waals surface area contributed by atoms with Gasteiger partial charge in [-0.05, 0) is 64.8 Å². The number of thiophene rings is 1. The summed E-state index contributed by atoms with van der Waals surface area (Å²) in [5, 5.41) is 16.8. The van der Waals surface area contributed by atoms with Gasteiger partial charge >= 0.3 is 0 Å². The average molecular weight is 401 g/mol. The summed E-state index contributed by atoms with van der Waals surface area (Å²) < 4.78 is 0.691. The van der Waals surface area contributed by atoms with Gasteiger partial charge in [0.25, 0.3) is 0 Å². The lowest BCUT2D eigenvalue weighted by Crippen LogP contribution is -2.39. The van der Waals surface area contributed by atoms with E-state index in [9.17, 15) is 5.11 Å². The van der Waals surface area contributed by atoms with E-state index in [0.29, 0.717) is 10.9 Å². The molecule has 5 nitrogen and oxygen atoms in total. The summed E-state index contributed by atoms with van der Waals surface area (Å²) in [6.45, 7) is 8.87. The summed E-state index contributed by atoms with van der Waals surface area (Å²) in [4.78, 5) is 7.96. The predicted octanol–water partition coefficient (Wildman–Crippen LogP) is 3.64. The summed E-state index contributed by atoms with van der Waals surface area (Å²) in [6.07, 6.45) is 5.78. The second-order valence-corrected chi connectivity index (χ2v) is 8.64. The number of rotatable bonds is 9. The predicted molar refractivity (Wildman–Crippen MR) is 112 cm³/mol. The molecule has 3 N–H and O–H groups in total. The smallest absolute Gasteiger partial charge is 0.191 e. The SMILES string of the molecule is CCNC(=NCC(O)c1ccc(Cl)s1)NCCCCN1CCCCC1C. The van der Waals surface area contributed by atoms with E-state index in [4.69, 9.17) is 11.6 Å². The van der Waals surface area contributed by atoms with Crippen LogP contribution in [0.15, 0.2) is 17.1 Å². The number of piperidine rings is 1. The molecule has 0 amide bonds. The molecule has 26 heavy (non-hydrogen) atoms. The van der Waals surface area contributed by atoms with Gasteiger partial charge in [-0.3, -0.25) is 4.99 Å². The van der Waals surface area contributed by atoms with E-state index < -0.39 is 6.10 Å². The minimum Gasteiger partial charge on any atom is -0.386 e. The Kier molecular flexibility index (Phi) is 9.75. The van der Waals surface area contributed by atoms with Crippen LogP contribution in [-0.2, 0) is 0 Å². The van der Waals surface area contributed by atoms with Gasteiger partial charge in [0.15, 0.2) is 5.96 Å². The summed E-state index contributed by atoms with van der Waals surface area (Å²) in [5.41, 5.74) is 0. The summed E-state index contributed by atoms with van der Waals surface area (Å²) >= 11 is 7.32. The number of unbranched alkanes of at least 4 members (excludes halogenated alkanes) is 1. The second-order valence-electron chi connectivity index (χ2n) is 6.89. The van der Waals surface area contributed by atoms with Crippen LogP contribution in [0.1, 0.15) is 56.9 Å². The molecule has 1 aromatic heterocycles. The van der Waals surface area contributed by atoms with Gasteiger partial charge in [0.1, 0.15) is 6.10 Å². The van der Waals surface area contributed by atoms with E-state index in [0.717, 1.165) is 36.4 Å². The van der Waals surface area contributed by atoms with Gasteiger partial charge in [0, 0.05) is 24.0 Å². The largest absolute Gasteiger partial charge is 0.386 e. The highest BCUT2D eigenvalue weighted by Gasteiger charge is 2.17. The first-order valence-electron chi connectivity index (χ1n) is 9.79. The monoisotopic (exact) mass is 400 g/mol. The number of aliphatic hydroxyl groups excluding tert-OH is 1. The van der Waals surface area contributed by atoms with Gasteiger partial charge in [-0.2, -0.15) is 0 Å². The minimum atomic E-state index is -0.608. The van der Waals surface area contributed by atoms with E-state index >= 15 is 0 Å². The number of aliphatic hydroxyl groups is 1. The standard InChI is InChI=1S/C19H33ClN4OS/c1-3-21-19(23-14-16(25)17-9-10-18(20)26-17)22-11-5-7-13-24-12-6-4-8-15(24)2/h9-10,15-16,25H,3-8,11-14H2,1-2H3,(H2,21,22,23). The van der Waals surface area contributed by atoms with E-state index in [1.807, 2.05) is 13.0 Å². The highest BCUT2D eigenvalue weighted by atomic mass is 35.5. The fourth-order valence-corrected chi connectivity index (χ4v) is 4.29. The van der Waals surface area contributed by atoms with Crippen LogP contribution in [0.25, 0.3) is 0 Å². The maximum Gasteiger partial charge on any atom is 0.191 e. The zero-order valence-corrected chi connectivity index (χ0v) is 17.6. The Balaban J connectivity index is 1.68. The summed E-state index contributed by atoms with van der Waals surface area (Å²) in [7, 11) is 0. The Hall–Kier alpha value is -0.820. The van der Waals surface area contributed by atoms with Gasteiger partial charge in [-0.15, -0.1) is 11.3 Å². The van der Waals surface area contributed by atoms with Gasteiger partial charge in [-0.1, -0.05) is 18.0 Å². The number of hydrogen-bond acceptors (Lipinski definition) is 4. The molecule has 7 heteroatoms. The molecule has 0 aliphatic carbocycles. The van der Waals surface area contributed by atoms with Crippen LogP contribution in [-0.4, -0.2) is 54.7 Å². The van der Waals surface area contributed by atoms with Gasteiger partial charge in [0.2, 0.25) is 0 Å². The van der Waals surface area contributed by atoms with Crippen LogP contribution in [0, 0.1) is 0 Å². The Morgan fingerprint density at radius 1 is 1.38 bits per heavy atom. The van der Waals surface area contributed by atoms with Crippen molar-refractivity contribution < 1.29 is 5.11 Å². The molecule has 1 aromatic rings. The van der Waals surface area contributed by atoms with Crippen molar-refractivity contribution in [2.24, 2.45) is 4.99 Å². The molecule has 1 aliphatic heterocycles. The van der Waals surface area contributed by atoms with Crippen molar-refractivity contribution in [3.8, 4) is 0 Å². The maximum absolute atomic E-state index is 10.2. The summed E-state index contributed by atoms with van der Waals surface area (Å²) in [6, 6.07) is 4.40. The highest BCUT2D eigenvalue weighted by Crippen LogP contribution is 2.26. The molecule has 1 saturated heterocycles. The highest BCUT2D eigenvalue weighted by molar-refractivity contribution is 7.16. The third-order valence-corrected chi connectivity index (χ3v) is 6.13. The van der Waals surface area contributed by atoms with E-state index in [1.54, 1.807) is 6.07 Å². The number of aliphatic imine (C=N–C) groups is 1. The lowest BCUT2D eigenvalue weighted by atomic mass is 10.0. The Morgan fingerprint density at radius 3 is 2.92 bits per heavy atom. The molecule has 1 fully saturated rings. The normalized spacial score (nSPS) is 20.2. The molecule has 2 atom stereocenters. The van der Waals surface area contributed by atoms with Crippen molar-refractivity contribution in [1.82, 2.24) is 15.5 Å². The molecule has 2 rings (SSSR count). The van der Waals surface area contributed by atoms with Crippen molar-refractivity contribution in [2.75, 3.05) is 32.7 Å². The first-order chi connectivity index (χ1) is 12.6. The molecular weight excluding hydrogens is 368 g/mol. The quantitative estimate of drug-likeness (QED) is 0.336. The summed E-state index contributed by atoms with van der Waals surface area (Å²) in [5.74, 6) is 0.764. The van der Waals surface area contributed by atoms with Crippen molar-refractivity contribution in [2.45, 2.75) is 58.1 Å². The van der Waals surface area contributed by atoms with Gasteiger partial charge in [0.05, 0.1) is 10.9 Å². The van der Waals surface area contributed by atoms with Crippen LogP contribution < -0.4 is 10.6 Å². The van der Waals surface area contributed by atoms with Crippen molar-refractivity contribution in [3.63, 3.8) is 0 Å². The fourth-order valence-electron chi connectivity index (χ4n) is 3.25. The van der Waals surface area contributed by atoms with Gasteiger partial charge < -0.3 is 20.6 Å². The zero-order chi connectivity index (χ0) is 18.8. The Labute approximate surface area is 166 Å². The fraction of sp³-hybridized carbons (Fsp3) is 0.737. The molecule has 0 bridgehead atoms. The van der Waals surface area contributed by atoms with Crippen LogP contribution in [0.5, 0.6) is 0 Å². The van der Waals surface area contributed by atoms with Crippen LogP contribution in [0.2, 0.25) is 4.34 Å². The molecule has 0 aromatic carbocycles. The Bertz CT molecular complexity index is 551. The van der Waals surface area contributed by atoms with E-state index in [2.05, 4.69) is 27.4 Å². The third kappa shape index (κ3) is 7.43. The maximum atomic E-state index is 10.2. The average Bonchev–Trinajstić information content (AvgIpc) is 3.07. The molecule has 0 radical (unpaired) electrons. The molecule has 1 aliphatic rings. The second kappa shape index (κ2) is 11.8. The van der Waals surface area contributed by atoms with E-state index in [1.165, 1.54) is 50.1 Å². The lowest BCUT2D eigenvalue weighted by Gasteiger charge is -2.33. The van der Waals surface area contributed by atoms with Gasteiger partial charge in [-0.25, -0.2) is 0 Å². The van der Waals surface area contributed by atoms with Crippen LogP contribution in [0.3, 0.4) is 0 Å². The van der Waals surface area contributed by atoms with Crippen LogP contribution >= 0.6 is 22.9 Å². The number of nitrogens with zero attached hydrogens (tertiary/aromatic N) is 2. The topological polar surface area (TPSA) is 59.9 Å². The Morgan fingerprint density at radius 2 is 2.23 bits per heavy atom. The first-order valence-corrected chi connectivity index (χ1v) is 11.0. The number of hydrogen-bond donors (Lipinski definition) is 3. The van der Waals surface area contributed by atoms with Crippen molar-refractivity contribution in [1.29, 1.82) is 0 Å². The van der Waals surface area contributed by atoms with Crippen molar-refractivity contribution >= 4 is 28.9 Å². The number of likely N-dealkylation sites (tertiary alicyclic amines) is 1. The number of halogens is 1. The minimum absolute atomic E-state index is 0.331. The van der Waals surface area contributed by atoms with Crippen molar-refractivity contribution in [3.05, 3.63) is 21.3 Å². The zero-order valence-electron chi connectivity index (χ0n) is 16.0. The molecule has 2 heterocycles. The molecule has 2 unspecified atom stereocenters. The third-order valence-electron chi connectivity index (χ3n) is 4.79. The van der Waals surface area contributed by atoms with Crippen LogP contribution in [0.4, 0.5) is 0 Å².